The summed E-state index contributed by atoms with van der Waals surface area (Å²) in [5, 5.41) is 13.7. The van der Waals surface area contributed by atoms with Crippen molar-refractivity contribution in [1.29, 1.82) is 0 Å². The van der Waals surface area contributed by atoms with E-state index in [1.807, 2.05) is 0 Å². The summed E-state index contributed by atoms with van der Waals surface area (Å²) < 4.78 is 78.5. The molecule has 0 N–H and O–H groups in total. The normalized spacial score (nSPS) is 12.3. The van der Waals surface area contributed by atoms with Crippen LogP contribution in [0.15, 0.2) is 30.5 Å². The van der Waals surface area contributed by atoms with Crippen molar-refractivity contribution < 1.29 is 31.3 Å². The molecule has 0 aliphatic heterocycles. The van der Waals surface area contributed by atoms with Crippen molar-refractivity contribution in [3.05, 3.63) is 73.9 Å². The number of alkyl halides is 6. The van der Waals surface area contributed by atoms with Gasteiger partial charge in [-0.2, -0.15) is 31.0 Å². The molecule has 0 fully saturated rings. The monoisotopic (exact) mass is 465 g/mol. The predicted octanol–water partition coefficient (Wildman–Crippen LogP) is 5.16. The highest BCUT2D eigenvalue weighted by Crippen LogP contribution is 2.33. The maximum Gasteiger partial charge on any atom is 0.453 e. The van der Waals surface area contributed by atoms with Crippen molar-refractivity contribution in [3.8, 4) is 5.82 Å². The van der Waals surface area contributed by atoms with Gasteiger partial charge in [-0.25, -0.2) is 9.97 Å². The molecule has 0 saturated carbocycles. The number of hydrogen-bond acceptors (Lipinski definition) is 5. The van der Waals surface area contributed by atoms with Gasteiger partial charge in [0.25, 0.3) is 11.5 Å². The largest absolute Gasteiger partial charge is 0.453 e. The van der Waals surface area contributed by atoms with Crippen LogP contribution in [-0.2, 0) is 18.8 Å². The fraction of sp³-hybridized carbons (Fsp3) is 0.235. The molecule has 0 amide bonds. The summed E-state index contributed by atoms with van der Waals surface area (Å²) in [6, 6.07) is 4.39. The van der Waals surface area contributed by atoms with Gasteiger partial charge in [0.1, 0.15) is 5.82 Å². The SMILES string of the molecule is Cc1cc(Cc2nc(C(F)(F)F)nn2-c2ncc(C(F)(F)F)cc2Cl)ccc1[N+](=O)[O-]. The van der Waals surface area contributed by atoms with Crippen molar-refractivity contribution in [2.24, 2.45) is 0 Å². The van der Waals surface area contributed by atoms with Crippen molar-refractivity contribution in [2.45, 2.75) is 25.7 Å². The van der Waals surface area contributed by atoms with Gasteiger partial charge in [-0.05, 0) is 24.6 Å². The maximum absolute atomic E-state index is 13.1. The van der Waals surface area contributed by atoms with Crippen LogP contribution in [0.3, 0.4) is 0 Å². The third-order valence-electron chi connectivity index (χ3n) is 4.10. The topological polar surface area (TPSA) is 86.7 Å². The number of rotatable bonds is 4. The zero-order valence-electron chi connectivity index (χ0n) is 15.3. The van der Waals surface area contributed by atoms with E-state index in [0.29, 0.717) is 22.5 Å². The fourth-order valence-electron chi connectivity index (χ4n) is 2.71. The summed E-state index contributed by atoms with van der Waals surface area (Å²) in [7, 11) is 0. The molecule has 0 aliphatic rings. The first-order valence-corrected chi connectivity index (χ1v) is 8.65. The van der Waals surface area contributed by atoms with Crippen molar-refractivity contribution in [2.75, 3.05) is 0 Å². The molecule has 0 atom stereocenters. The number of aryl methyl sites for hydroxylation is 1. The Balaban J connectivity index is 2.09. The average molecular weight is 466 g/mol. The second kappa shape index (κ2) is 7.80. The summed E-state index contributed by atoms with van der Waals surface area (Å²) in [5.41, 5.74) is -0.762. The van der Waals surface area contributed by atoms with E-state index >= 15 is 0 Å². The van der Waals surface area contributed by atoms with Gasteiger partial charge >= 0.3 is 12.4 Å². The van der Waals surface area contributed by atoms with Gasteiger partial charge in [0.05, 0.1) is 15.5 Å². The van der Waals surface area contributed by atoms with Gasteiger partial charge in [0.15, 0.2) is 5.82 Å². The van der Waals surface area contributed by atoms with Crippen LogP contribution in [0.25, 0.3) is 5.82 Å². The number of nitro benzene ring substituents is 1. The van der Waals surface area contributed by atoms with Gasteiger partial charge < -0.3 is 0 Å². The van der Waals surface area contributed by atoms with Crippen molar-refractivity contribution in [1.82, 2.24) is 19.7 Å². The van der Waals surface area contributed by atoms with Crippen LogP contribution in [0, 0.1) is 17.0 Å². The Kier molecular flexibility index (Phi) is 5.65. The zero-order valence-corrected chi connectivity index (χ0v) is 16.0. The molecule has 2 heterocycles. The van der Waals surface area contributed by atoms with E-state index in [4.69, 9.17) is 11.6 Å². The summed E-state index contributed by atoms with van der Waals surface area (Å²) >= 11 is 5.84. The molecule has 1 aromatic carbocycles. The summed E-state index contributed by atoms with van der Waals surface area (Å²) in [6.45, 7) is 1.45. The number of pyridine rings is 1. The number of halogens is 7. The van der Waals surface area contributed by atoms with E-state index in [1.54, 1.807) is 0 Å². The molecule has 0 spiro atoms. The molecule has 2 aromatic heterocycles. The summed E-state index contributed by atoms with van der Waals surface area (Å²) in [5.74, 6) is -2.35. The first-order valence-electron chi connectivity index (χ1n) is 8.27. The number of aromatic nitrogens is 4. The molecule has 31 heavy (non-hydrogen) atoms. The van der Waals surface area contributed by atoms with Crippen LogP contribution in [0.1, 0.15) is 28.3 Å². The van der Waals surface area contributed by atoms with Crippen LogP contribution in [0.5, 0.6) is 0 Å². The first kappa shape index (κ1) is 22.5. The molecular weight excluding hydrogens is 456 g/mol. The Labute approximate surface area is 174 Å². The Morgan fingerprint density at radius 2 is 1.81 bits per heavy atom. The van der Waals surface area contributed by atoms with Crippen molar-refractivity contribution in [3.63, 3.8) is 0 Å². The molecule has 0 saturated heterocycles. The maximum atomic E-state index is 13.1. The second-order valence-corrected chi connectivity index (χ2v) is 6.75. The lowest BCUT2D eigenvalue weighted by Crippen LogP contribution is -2.11. The predicted molar refractivity (Wildman–Crippen MR) is 94.8 cm³/mol. The average Bonchev–Trinajstić information content (AvgIpc) is 3.04. The minimum Gasteiger partial charge on any atom is -0.258 e. The van der Waals surface area contributed by atoms with E-state index in [1.165, 1.54) is 25.1 Å². The minimum absolute atomic E-state index is 0.186. The van der Waals surface area contributed by atoms with E-state index in [0.717, 1.165) is 0 Å². The quantitative estimate of drug-likeness (QED) is 0.302. The van der Waals surface area contributed by atoms with Gasteiger partial charge in [-0.1, -0.05) is 17.7 Å². The Hall–Kier alpha value is -3.22. The highest BCUT2D eigenvalue weighted by atomic mass is 35.5. The molecule has 0 radical (unpaired) electrons. The third-order valence-corrected chi connectivity index (χ3v) is 4.38. The van der Waals surface area contributed by atoms with Crippen LogP contribution in [0.4, 0.5) is 32.0 Å². The lowest BCUT2D eigenvalue weighted by molar-refractivity contribution is -0.385. The molecule has 14 heteroatoms. The first-order chi connectivity index (χ1) is 14.3. The van der Waals surface area contributed by atoms with Gasteiger partial charge in [0.2, 0.25) is 0 Å². The van der Waals surface area contributed by atoms with Crippen LogP contribution in [0.2, 0.25) is 5.02 Å². The summed E-state index contributed by atoms with van der Waals surface area (Å²) in [4.78, 5) is 17.3. The Morgan fingerprint density at radius 1 is 1.13 bits per heavy atom. The molecule has 0 aliphatic carbocycles. The molecule has 0 unspecified atom stereocenters. The Bertz CT molecular complexity index is 1160. The molecule has 0 bridgehead atoms. The molecular formula is C17H10ClF6N5O2. The standard InChI is InChI=1S/C17H10ClF6N5O2/c1-8-4-9(2-3-12(8)29(30)31)5-13-26-15(17(22,23)24)27-28(13)14-11(18)6-10(7-25-14)16(19,20)21/h2-4,6-7H,5H2,1H3. The highest BCUT2D eigenvalue weighted by Gasteiger charge is 2.38. The minimum atomic E-state index is -4.94. The highest BCUT2D eigenvalue weighted by molar-refractivity contribution is 6.32. The number of nitro groups is 1. The number of nitrogens with zero attached hydrogens (tertiary/aromatic N) is 5. The van der Waals surface area contributed by atoms with Gasteiger partial charge in [0, 0.05) is 24.2 Å². The molecule has 164 valence electrons. The number of hydrogen-bond donors (Lipinski definition) is 0. The fourth-order valence-corrected chi connectivity index (χ4v) is 2.95. The Morgan fingerprint density at radius 3 is 2.32 bits per heavy atom. The molecule has 3 aromatic rings. The van der Waals surface area contributed by atoms with Gasteiger partial charge in [-0.15, -0.1) is 5.10 Å². The van der Waals surface area contributed by atoms with Gasteiger partial charge in [-0.3, -0.25) is 10.1 Å². The zero-order chi connectivity index (χ0) is 23.1. The van der Waals surface area contributed by atoms with E-state index in [-0.39, 0.29) is 23.5 Å². The lowest BCUT2D eigenvalue weighted by atomic mass is 10.1. The molecule has 7 nitrogen and oxygen atoms in total. The third kappa shape index (κ3) is 4.76. The van der Waals surface area contributed by atoms with E-state index < -0.39 is 39.5 Å². The second-order valence-electron chi connectivity index (χ2n) is 6.34. The smallest absolute Gasteiger partial charge is 0.258 e. The molecule has 3 rings (SSSR count). The van der Waals surface area contributed by atoms with Crippen LogP contribution < -0.4 is 0 Å². The van der Waals surface area contributed by atoms with E-state index in [9.17, 15) is 36.5 Å². The lowest BCUT2D eigenvalue weighted by Gasteiger charge is -2.10. The number of benzene rings is 1. The van der Waals surface area contributed by atoms with Crippen LogP contribution >= 0.6 is 11.6 Å². The van der Waals surface area contributed by atoms with Crippen LogP contribution in [-0.4, -0.2) is 24.7 Å². The van der Waals surface area contributed by atoms with E-state index in [2.05, 4.69) is 15.1 Å². The summed E-state index contributed by atoms with van der Waals surface area (Å²) in [6.07, 6.45) is -9.56. The van der Waals surface area contributed by atoms with Crippen molar-refractivity contribution >= 4 is 17.3 Å².